The highest BCUT2D eigenvalue weighted by atomic mass is 32.2. The van der Waals surface area contributed by atoms with Gasteiger partial charge < -0.3 is 0 Å². The molecule has 26 heavy (non-hydrogen) atoms. The molecular formula is C22H39NO2S. The Morgan fingerprint density at radius 1 is 0.808 bits per heavy atom. The maximum absolute atomic E-state index is 12.3. The summed E-state index contributed by atoms with van der Waals surface area (Å²) in [5, 5.41) is 0. The maximum atomic E-state index is 12.3. The van der Waals surface area contributed by atoms with Crippen molar-refractivity contribution in [2.75, 3.05) is 6.54 Å². The molecule has 0 amide bonds. The maximum Gasteiger partial charge on any atom is 0.240 e. The van der Waals surface area contributed by atoms with E-state index in [1.807, 2.05) is 12.1 Å². The van der Waals surface area contributed by atoms with E-state index in [2.05, 4.69) is 25.5 Å². The normalized spacial score (nSPS) is 13.0. The van der Waals surface area contributed by atoms with Gasteiger partial charge in [0.05, 0.1) is 4.90 Å². The van der Waals surface area contributed by atoms with Crippen molar-refractivity contribution in [3.63, 3.8) is 0 Å². The van der Waals surface area contributed by atoms with Crippen LogP contribution in [-0.2, 0) is 10.0 Å². The van der Waals surface area contributed by atoms with Gasteiger partial charge in [0.1, 0.15) is 0 Å². The third-order valence-electron chi connectivity index (χ3n) is 5.19. The summed E-state index contributed by atoms with van der Waals surface area (Å²) < 4.78 is 27.4. The first-order valence-electron chi connectivity index (χ1n) is 10.6. The van der Waals surface area contributed by atoms with Gasteiger partial charge in [-0.25, -0.2) is 13.1 Å². The molecule has 0 radical (unpaired) electrons. The first-order valence-corrected chi connectivity index (χ1v) is 12.1. The minimum absolute atomic E-state index is 0.372. The Labute approximate surface area is 162 Å². The van der Waals surface area contributed by atoms with E-state index in [1.165, 1.54) is 56.9 Å². The van der Waals surface area contributed by atoms with Gasteiger partial charge in [-0.3, -0.25) is 0 Å². The Balaban J connectivity index is 2.18. The van der Waals surface area contributed by atoms with Crippen LogP contribution in [0.25, 0.3) is 0 Å². The van der Waals surface area contributed by atoms with Crippen LogP contribution < -0.4 is 4.72 Å². The van der Waals surface area contributed by atoms with Crippen molar-refractivity contribution >= 4 is 10.0 Å². The fourth-order valence-electron chi connectivity index (χ4n) is 3.11. The average Bonchev–Trinajstić information content (AvgIpc) is 2.65. The van der Waals surface area contributed by atoms with E-state index < -0.39 is 10.0 Å². The average molecular weight is 382 g/mol. The van der Waals surface area contributed by atoms with E-state index in [9.17, 15) is 8.42 Å². The Bertz CT molecular complexity index is 566. The summed E-state index contributed by atoms with van der Waals surface area (Å²) >= 11 is 0. The summed E-state index contributed by atoms with van der Waals surface area (Å²) in [4.78, 5) is 0.372. The molecule has 0 aliphatic carbocycles. The molecule has 1 N–H and O–H groups in total. The number of benzene rings is 1. The van der Waals surface area contributed by atoms with E-state index in [0.717, 1.165) is 19.3 Å². The zero-order valence-corrected chi connectivity index (χ0v) is 17.9. The van der Waals surface area contributed by atoms with Gasteiger partial charge in [-0.05, 0) is 36.5 Å². The molecule has 0 heterocycles. The van der Waals surface area contributed by atoms with Gasteiger partial charge in [0.2, 0.25) is 10.0 Å². The minimum Gasteiger partial charge on any atom is -0.211 e. The fourth-order valence-corrected chi connectivity index (χ4v) is 4.19. The van der Waals surface area contributed by atoms with Crippen LogP contribution in [0.5, 0.6) is 0 Å². The van der Waals surface area contributed by atoms with Crippen molar-refractivity contribution in [3.05, 3.63) is 29.8 Å². The molecule has 1 aromatic rings. The van der Waals surface area contributed by atoms with E-state index in [0.29, 0.717) is 17.4 Å². The highest BCUT2D eigenvalue weighted by molar-refractivity contribution is 7.89. The van der Waals surface area contributed by atoms with Gasteiger partial charge in [0.15, 0.2) is 0 Å². The van der Waals surface area contributed by atoms with Crippen molar-refractivity contribution in [1.29, 1.82) is 0 Å². The molecule has 0 bridgehead atoms. The van der Waals surface area contributed by atoms with Crippen LogP contribution in [-0.4, -0.2) is 15.0 Å². The molecule has 0 fully saturated rings. The summed E-state index contributed by atoms with van der Waals surface area (Å²) in [5.41, 5.74) is 1.20. The van der Waals surface area contributed by atoms with Gasteiger partial charge in [-0.1, -0.05) is 90.7 Å². The summed E-state index contributed by atoms with van der Waals surface area (Å²) in [5.74, 6) is 0.464. The summed E-state index contributed by atoms with van der Waals surface area (Å²) in [6, 6.07) is 7.32. The number of rotatable bonds is 15. The molecule has 0 aromatic heterocycles. The second kappa shape index (κ2) is 13.3. The van der Waals surface area contributed by atoms with Crippen molar-refractivity contribution in [2.45, 2.75) is 102 Å². The minimum atomic E-state index is -3.37. The van der Waals surface area contributed by atoms with Crippen LogP contribution in [0.4, 0.5) is 0 Å². The van der Waals surface area contributed by atoms with Crippen LogP contribution in [0.1, 0.15) is 103 Å². The highest BCUT2D eigenvalue weighted by Gasteiger charge is 2.13. The predicted molar refractivity (Wildman–Crippen MR) is 112 cm³/mol. The molecule has 1 rings (SSSR count). The zero-order chi connectivity index (χ0) is 19.3. The lowest BCUT2D eigenvalue weighted by Crippen LogP contribution is -2.24. The second-order valence-electron chi connectivity index (χ2n) is 7.46. The van der Waals surface area contributed by atoms with Gasteiger partial charge in [0, 0.05) is 6.54 Å². The number of hydrogen-bond acceptors (Lipinski definition) is 2. The van der Waals surface area contributed by atoms with Crippen LogP contribution in [0, 0.1) is 0 Å². The Morgan fingerprint density at radius 2 is 1.31 bits per heavy atom. The Kier molecular flexibility index (Phi) is 11.9. The van der Waals surface area contributed by atoms with Gasteiger partial charge in [-0.15, -0.1) is 0 Å². The second-order valence-corrected chi connectivity index (χ2v) is 9.23. The predicted octanol–water partition coefficient (Wildman–Crippen LogP) is 6.40. The fraction of sp³-hybridized carbons (Fsp3) is 0.727. The molecule has 0 saturated carbocycles. The third-order valence-corrected chi connectivity index (χ3v) is 6.67. The number of sulfonamides is 1. The topological polar surface area (TPSA) is 46.2 Å². The molecular weight excluding hydrogens is 342 g/mol. The van der Waals surface area contributed by atoms with E-state index in [1.54, 1.807) is 12.1 Å². The number of nitrogens with one attached hydrogen (secondary N) is 1. The summed E-state index contributed by atoms with van der Waals surface area (Å²) in [6.07, 6.45) is 13.6. The molecule has 3 nitrogen and oxygen atoms in total. The molecule has 1 unspecified atom stereocenters. The first-order chi connectivity index (χ1) is 12.5. The largest absolute Gasteiger partial charge is 0.240 e. The van der Waals surface area contributed by atoms with E-state index in [4.69, 9.17) is 0 Å². The van der Waals surface area contributed by atoms with Crippen LogP contribution in [0.15, 0.2) is 29.2 Å². The van der Waals surface area contributed by atoms with Crippen LogP contribution >= 0.6 is 0 Å². The van der Waals surface area contributed by atoms with Gasteiger partial charge in [0.25, 0.3) is 0 Å². The Morgan fingerprint density at radius 3 is 1.81 bits per heavy atom. The quantitative estimate of drug-likeness (QED) is 0.357. The summed E-state index contributed by atoms with van der Waals surface area (Å²) in [6.45, 7) is 7.08. The lowest BCUT2D eigenvalue weighted by molar-refractivity contribution is 0.549. The standard InChI is InChI=1S/C22H39NO2S/c1-4-6-7-8-9-10-11-12-13-14-19-23-26(24,25)22-17-15-21(16-18-22)20(3)5-2/h15-18,20,23H,4-14,19H2,1-3H3. The molecule has 0 saturated heterocycles. The van der Waals surface area contributed by atoms with Crippen molar-refractivity contribution in [1.82, 2.24) is 4.72 Å². The van der Waals surface area contributed by atoms with Crippen molar-refractivity contribution in [2.24, 2.45) is 0 Å². The molecule has 0 spiro atoms. The van der Waals surface area contributed by atoms with Gasteiger partial charge >= 0.3 is 0 Å². The van der Waals surface area contributed by atoms with Crippen molar-refractivity contribution in [3.8, 4) is 0 Å². The lowest BCUT2D eigenvalue weighted by atomic mass is 9.99. The monoisotopic (exact) mass is 381 g/mol. The third kappa shape index (κ3) is 9.18. The zero-order valence-electron chi connectivity index (χ0n) is 17.1. The van der Waals surface area contributed by atoms with Crippen LogP contribution in [0.2, 0.25) is 0 Å². The number of hydrogen-bond donors (Lipinski definition) is 1. The molecule has 150 valence electrons. The van der Waals surface area contributed by atoms with E-state index >= 15 is 0 Å². The first kappa shape index (κ1) is 23.2. The van der Waals surface area contributed by atoms with E-state index in [-0.39, 0.29) is 0 Å². The molecule has 1 atom stereocenters. The van der Waals surface area contributed by atoms with Crippen LogP contribution in [0.3, 0.4) is 0 Å². The molecule has 0 aliphatic heterocycles. The highest BCUT2D eigenvalue weighted by Crippen LogP contribution is 2.20. The Hall–Kier alpha value is -0.870. The molecule has 4 heteroatoms. The van der Waals surface area contributed by atoms with Gasteiger partial charge in [-0.2, -0.15) is 0 Å². The molecule has 0 aliphatic rings. The smallest absolute Gasteiger partial charge is 0.211 e. The van der Waals surface area contributed by atoms with Crippen molar-refractivity contribution < 1.29 is 8.42 Å². The SMILES string of the molecule is CCCCCCCCCCCCNS(=O)(=O)c1ccc(C(C)CC)cc1. The molecule has 1 aromatic carbocycles. The summed E-state index contributed by atoms with van der Waals surface area (Å²) in [7, 11) is -3.37. The number of unbranched alkanes of at least 4 members (excludes halogenated alkanes) is 9. The lowest BCUT2D eigenvalue weighted by Gasteiger charge is -2.11.